The van der Waals surface area contributed by atoms with Gasteiger partial charge in [-0.1, -0.05) is 42.0 Å². The van der Waals surface area contributed by atoms with E-state index in [0.717, 1.165) is 17.7 Å². The Balaban J connectivity index is 1.56. The number of nitrogens with zero attached hydrogens (tertiary/aromatic N) is 3. The molecule has 0 radical (unpaired) electrons. The molecule has 2 aromatic rings. The summed E-state index contributed by atoms with van der Waals surface area (Å²) in [5.41, 5.74) is 6.15. The third-order valence-corrected chi connectivity index (χ3v) is 6.54. The van der Waals surface area contributed by atoms with Crippen LogP contribution in [0.3, 0.4) is 0 Å². The van der Waals surface area contributed by atoms with Gasteiger partial charge in [0.2, 0.25) is 11.8 Å². The van der Waals surface area contributed by atoms with Crippen LogP contribution in [0, 0.1) is 12.3 Å². The van der Waals surface area contributed by atoms with Gasteiger partial charge in [0.25, 0.3) is 0 Å². The summed E-state index contributed by atoms with van der Waals surface area (Å²) in [6.45, 7) is 1.36. The Kier molecular flexibility index (Phi) is 7.61. The van der Waals surface area contributed by atoms with Gasteiger partial charge < -0.3 is 20.3 Å². The fourth-order valence-electron chi connectivity index (χ4n) is 4.89. The number of rotatable bonds is 6. The third kappa shape index (κ3) is 5.90. The average Bonchev–Trinajstić information content (AvgIpc) is 2.85. The van der Waals surface area contributed by atoms with Crippen LogP contribution in [0.2, 0.25) is 0 Å². The van der Waals surface area contributed by atoms with Crippen molar-refractivity contribution in [2.75, 3.05) is 13.1 Å². The maximum atomic E-state index is 13.4. The number of halogens is 3. The number of hydrogen-bond acceptors (Lipinski definition) is 5. The summed E-state index contributed by atoms with van der Waals surface area (Å²) in [5.74, 6) is -1.02. The van der Waals surface area contributed by atoms with Crippen LogP contribution >= 0.6 is 0 Å². The van der Waals surface area contributed by atoms with Crippen molar-refractivity contribution >= 4 is 23.7 Å². The molecular weight excluding hydrogens is 503 g/mol. The van der Waals surface area contributed by atoms with Crippen molar-refractivity contribution in [3.8, 4) is 0 Å². The Bertz CT molecular complexity index is 1240. The Hall–Kier alpha value is -4.09. The first-order valence-electron chi connectivity index (χ1n) is 12.0. The molecule has 2 fully saturated rings. The van der Waals surface area contributed by atoms with Crippen molar-refractivity contribution in [3.63, 3.8) is 0 Å². The second kappa shape index (κ2) is 10.7. The van der Waals surface area contributed by atoms with Gasteiger partial charge in [-0.25, -0.2) is 4.79 Å². The summed E-state index contributed by atoms with van der Waals surface area (Å²) in [5, 5.41) is 7.74. The number of aryl methyl sites for hydroxylation is 1. The first-order valence-corrected chi connectivity index (χ1v) is 12.0. The van der Waals surface area contributed by atoms with Crippen LogP contribution in [0.25, 0.3) is 0 Å². The molecule has 2 aromatic carbocycles. The van der Waals surface area contributed by atoms with E-state index >= 15 is 0 Å². The number of fused-ring (bicyclic) bond motifs is 1. The molecule has 12 heteroatoms. The lowest BCUT2D eigenvalue weighted by molar-refractivity contribution is -0.168. The number of benzene rings is 2. The SMILES string of the molecule is Cc1cc(COC(=O)N2CCC(=O)N3[C@@H]2CN(Cc2ccccc2)C(=O)[C@@H]3CC(=N)N)cc(C(F)(F)F)c1. The zero-order chi connectivity index (χ0) is 27.6. The van der Waals surface area contributed by atoms with Crippen LogP contribution in [0.15, 0.2) is 48.5 Å². The van der Waals surface area contributed by atoms with Crippen molar-refractivity contribution in [3.05, 3.63) is 70.8 Å². The van der Waals surface area contributed by atoms with Gasteiger partial charge in [0.05, 0.1) is 17.9 Å². The van der Waals surface area contributed by atoms with E-state index < -0.39 is 36.6 Å². The smallest absolute Gasteiger partial charge is 0.416 e. The van der Waals surface area contributed by atoms with Crippen molar-refractivity contribution in [1.29, 1.82) is 5.41 Å². The summed E-state index contributed by atoms with van der Waals surface area (Å²) < 4.78 is 45.0. The first-order chi connectivity index (χ1) is 17.9. The molecule has 2 saturated heterocycles. The number of piperazine rings is 1. The molecular formula is C26H28F3N5O4. The Morgan fingerprint density at radius 1 is 1.13 bits per heavy atom. The van der Waals surface area contributed by atoms with Crippen LogP contribution in [0.5, 0.6) is 0 Å². The molecule has 4 rings (SSSR count). The maximum Gasteiger partial charge on any atom is 0.416 e. The van der Waals surface area contributed by atoms with Gasteiger partial charge in [-0.05, 0) is 30.2 Å². The van der Waals surface area contributed by atoms with Gasteiger partial charge in [-0.2, -0.15) is 13.2 Å². The largest absolute Gasteiger partial charge is 0.444 e. The van der Waals surface area contributed by atoms with Gasteiger partial charge in [-0.3, -0.25) is 19.9 Å². The van der Waals surface area contributed by atoms with Crippen LogP contribution < -0.4 is 5.73 Å². The zero-order valence-electron chi connectivity index (χ0n) is 20.7. The molecule has 0 saturated carbocycles. The monoisotopic (exact) mass is 531 g/mol. The molecule has 0 aliphatic carbocycles. The van der Waals surface area contributed by atoms with Gasteiger partial charge >= 0.3 is 12.3 Å². The highest BCUT2D eigenvalue weighted by Crippen LogP contribution is 2.31. The number of amides is 3. The highest BCUT2D eigenvalue weighted by molar-refractivity contribution is 5.94. The van der Waals surface area contributed by atoms with Gasteiger partial charge in [0.15, 0.2) is 0 Å². The predicted octanol–water partition coefficient (Wildman–Crippen LogP) is 3.25. The molecule has 2 atom stereocenters. The summed E-state index contributed by atoms with van der Waals surface area (Å²) >= 11 is 0. The molecule has 0 bridgehead atoms. The van der Waals surface area contributed by atoms with Crippen molar-refractivity contribution in [1.82, 2.24) is 14.7 Å². The number of nitrogens with one attached hydrogen (secondary N) is 1. The van der Waals surface area contributed by atoms with Crippen molar-refractivity contribution in [2.45, 2.75) is 51.3 Å². The number of carbonyl (C=O) groups is 3. The minimum absolute atomic E-state index is 0.00559. The number of hydrogen-bond donors (Lipinski definition) is 2. The fourth-order valence-corrected chi connectivity index (χ4v) is 4.89. The lowest BCUT2D eigenvalue weighted by atomic mass is 10.0. The molecule has 2 heterocycles. The van der Waals surface area contributed by atoms with E-state index in [-0.39, 0.29) is 55.7 Å². The lowest BCUT2D eigenvalue weighted by Crippen LogP contribution is -2.71. The summed E-state index contributed by atoms with van der Waals surface area (Å²) in [4.78, 5) is 43.5. The maximum absolute atomic E-state index is 13.4. The molecule has 0 unspecified atom stereocenters. The van der Waals surface area contributed by atoms with Gasteiger partial charge in [0, 0.05) is 25.9 Å². The van der Waals surface area contributed by atoms with Crippen LogP contribution in [-0.2, 0) is 33.7 Å². The number of amidine groups is 1. The number of alkyl halides is 3. The van der Waals surface area contributed by atoms with E-state index in [1.165, 1.54) is 27.7 Å². The number of nitrogens with two attached hydrogens (primary N) is 1. The third-order valence-electron chi connectivity index (χ3n) is 6.54. The Morgan fingerprint density at radius 2 is 1.84 bits per heavy atom. The molecule has 0 spiro atoms. The van der Waals surface area contributed by atoms with E-state index in [1.807, 2.05) is 30.3 Å². The van der Waals surface area contributed by atoms with Crippen molar-refractivity contribution in [2.24, 2.45) is 5.73 Å². The minimum Gasteiger partial charge on any atom is -0.444 e. The minimum atomic E-state index is -4.54. The number of ether oxygens (including phenoxy) is 1. The second-order valence-electron chi connectivity index (χ2n) is 9.43. The average molecular weight is 532 g/mol. The lowest BCUT2D eigenvalue weighted by Gasteiger charge is -2.51. The van der Waals surface area contributed by atoms with E-state index in [2.05, 4.69) is 0 Å². The standard InChI is InChI=1S/C26H28F3N5O4/c1-16-9-18(11-19(10-16)26(27,28)29)15-38-25(37)33-8-7-23(35)34-20(12-21(30)31)24(36)32(14-22(33)34)13-17-5-3-2-4-6-17/h2-6,9-11,20,22H,7-8,12-15H2,1H3,(H3,30,31)/t20-,22+/m0/s1. The normalized spacial score (nSPS) is 19.8. The highest BCUT2D eigenvalue weighted by atomic mass is 19.4. The van der Waals surface area contributed by atoms with E-state index in [9.17, 15) is 27.6 Å². The molecule has 3 amide bonds. The van der Waals surface area contributed by atoms with Crippen LogP contribution in [-0.4, -0.2) is 63.7 Å². The molecule has 9 nitrogen and oxygen atoms in total. The topological polar surface area (TPSA) is 120 Å². The molecule has 38 heavy (non-hydrogen) atoms. The Labute approximate surface area is 217 Å². The van der Waals surface area contributed by atoms with Gasteiger partial charge in [-0.15, -0.1) is 0 Å². The summed E-state index contributed by atoms with van der Waals surface area (Å²) in [6, 6.07) is 11.5. The summed E-state index contributed by atoms with van der Waals surface area (Å²) in [7, 11) is 0. The molecule has 0 aromatic heterocycles. The Morgan fingerprint density at radius 3 is 2.50 bits per heavy atom. The van der Waals surface area contributed by atoms with Crippen molar-refractivity contribution < 1.29 is 32.3 Å². The highest BCUT2D eigenvalue weighted by Gasteiger charge is 2.49. The van der Waals surface area contributed by atoms with E-state index in [4.69, 9.17) is 15.9 Å². The van der Waals surface area contributed by atoms with E-state index in [1.54, 1.807) is 0 Å². The fraction of sp³-hybridized carbons (Fsp3) is 0.385. The van der Waals surface area contributed by atoms with Crippen LogP contribution in [0.4, 0.5) is 18.0 Å². The first kappa shape index (κ1) is 27.0. The van der Waals surface area contributed by atoms with Crippen LogP contribution in [0.1, 0.15) is 35.1 Å². The molecule has 202 valence electrons. The second-order valence-corrected chi connectivity index (χ2v) is 9.43. The zero-order valence-corrected chi connectivity index (χ0v) is 20.7. The summed E-state index contributed by atoms with van der Waals surface area (Å²) in [6.07, 6.45) is -6.51. The van der Waals surface area contributed by atoms with E-state index in [0.29, 0.717) is 5.56 Å². The molecule has 2 aliphatic rings. The predicted molar refractivity (Wildman–Crippen MR) is 131 cm³/mol. The number of carbonyl (C=O) groups excluding carboxylic acids is 3. The quantitative estimate of drug-likeness (QED) is 0.438. The molecule has 3 N–H and O–H groups in total. The molecule has 2 aliphatic heterocycles. The van der Waals surface area contributed by atoms with Gasteiger partial charge in [0.1, 0.15) is 18.8 Å².